The van der Waals surface area contributed by atoms with Gasteiger partial charge in [-0.15, -0.1) is 0 Å². The van der Waals surface area contributed by atoms with Crippen molar-refractivity contribution in [3.8, 4) is 11.5 Å². The average Bonchev–Trinajstić information content (AvgIpc) is 3.24. The van der Waals surface area contributed by atoms with E-state index in [1.165, 1.54) is 0 Å². The summed E-state index contributed by atoms with van der Waals surface area (Å²) in [7, 11) is 1.61. The maximum Gasteiger partial charge on any atom is 0.344 e. The van der Waals surface area contributed by atoms with Crippen LogP contribution in [-0.2, 0) is 26.3 Å². The first kappa shape index (κ1) is 23.2. The fourth-order valence-electron chi connectivity index (χ4n) is 4.56. The molecule has 1 unspecified atom stereocenters. The summed E-state index contributed by atoms with van der Waals surface area (Å²) in [5.41, 5.74) is 3.14. The number of esters is 1. The minimum Gasteiger partial charge on any atom is -0.497 e. The molecule has 1 amide bonds. The van der Waals surface area contributed by atoms with Crippen molar-refractivity contribution in [1.29, 1.82) is 0 Å². The zero-order chi connectivity index (χ0) is 25.0. The van der Waals surface area contributed by atoms with Crippen molar-refractivity contribution in [1.82, 2.24) is 0 Å². The van der Waals surface area contributed by atoms with E-state index in [4.69, 9.17) is 14.2 Å². The molecule has 0 spiro atoms. The van der Waals surface area contributed by atoms with Crippen LogP contribution in [0.15, 0.2) is 103 Å². The Kier molecular flexibility index (Phi) is 6.41. The fraction of sp³-hybridized carbons (Fsp3) is 0.133. The molecule has 180 valence electrons. The van der Waals surface area contributed by atoms with Crippen LogP contribution in [0, 0.1) is 0 Å². The minimum atomic E-state index is -1.03. The van der Waals surface area contributed by atoms with Gasteiger partial charge in [-0.1, -0.05) is 72.8 Å². The summed E-state index contributed by atoms with van der Waals surface area (Å²) in [5, 5.41) is 3.03. The standard InChI is InChI=1S/C30H25NO5/c1-34-24-15-11-22(12-16-24)30(26-9-5-6-10-27(26)31-29(30)33)23-13-17-25(18-14-23)35-20-28(32)36-19-21-7-3-2-4-8-21/h2-18H,19-20H2,1H3,(H,31,33). The lowest BCUT2D eigenvalue weighted by Gasteiger charge is -2.29. The Morgan fingerprint density at radius 2 is 1.39 bits per heavy atom. The Hall–Kier alpha value is -4.58. The fourth-order valence-corrected chi connectivity index (χ4v) is 4.56. The number of para-hydroxylation sites is 1. The zero-order valence-corrected chi connectivity index (χ0v) is 19.8. The molecular formula is C30H25NO5. The summed E-state index contributed by atoms with van der Waals surface area (Å²) >= 11 is 0. The molecule has 0 fully saturated rings. The monoisotopic (exact) mass is 479 g/mol. The van der Waals surface area contributed by atoms with E-state index in [-0.39, 0.29) is 19.1 Å². The number of hydrogen-bond donors (Lipinski definition) is 1. The van der Waals surface area contributed by atoms with Crippen LogP contribution in [0.25, 0.3) is 0 Å². The van der Waals surface area contributed by atoms with Crippen molar-refractivity contribution >= 4 is 17.6 Å². The number of carbonyl (C=O) groups is 2. The summed E-state index contributed by atoms with van der Waals surface area (Å²) in [6.07, 6.45) is 0. The lowest BCUT2D eigenvalue weighted by Crippen LogP contribution is -2.37. The summed E-state index contributed by atoms with van der Waals surface area (Å²) in [6, 6.07) is 31.9. The highest BCUT2D eigenvalue weighted by molar-refractivity contribution is 6.11. The molecule has 1 N–H and O–H groups in total. The predicted octanol–water partition coefficient (Wildman–Crippen LogP) is 5.10. The van der Waals surface area contributed by atoms with Gasteiger partial charge in [0.15, 0.2) is 6.61 Å². The van der Waals surface area contributed by atoms with Gasteiger partial charge in [0.1, 0.15) is 23.5 Å². The molecule has 0 aromatic heterocycles. The second-order valence-corrected chi connectivity index (χ2v) is 8.44. The van der Waals surface area contributed by atoms with Gasteiger partial charge < -0.3 is 19.5 Å². The Bertz CT molecular complexity index is 1370. The van der Waals surface area contributed by atoms with Gasteiger partial charge in [0.2, 0.25) is 5.91 Å². The smallest absolute Gasteiger partial charge is 0.344 e. The van der Waals surface area contributed by atoms with Crippen molar-refractivity contribution in [2.24, 2.45) is 0 Å². The van der Waals surface area contributed by atoms with Crippen molar-refractivity contribution in [3.63, 3.8) is 0 Å². The Morgan fingerprint density at radius 3 is 2.06 bits per heavy atom. The van der Waals surface area contributed by atoms with E-state index in [1.54, 1.807) is 19.2 Å². The number of methoxy groups -OCH3 is 1. The summed E-state index contributed by atoms with van der Waals surface area (Å²) in [6.45, 7) is -0.0139. The highest BCUT2D eigenvalue weighted by Crippen LogP contribution is 2.48. The molecule has 6 nitrogen and oxygen atoms in total. The Morgan fingerprint density at radius 1 is 0.778 bits per heavy atom. The van der Waals surface area contributed by atoms with Gasteiger partial charge in [0.05, 0.1) is 7.11 Å². The van der Waals surface area contributed by atoms with Crippen LogP contribution in [0.3, 0.4) is 0 Å². The van der Waals surface area contributed by atoms with Gasteiger partial charge in [-0.05, 0) is 47.0 Å². The van der Waals surface area contributed by atoms with E-state index in [0.29, 0.717) is 11.5 Å². The normalized spacial score (nSPS) is 16.1. The van der Waals surface area contributed by atoms with Crippen LogP contribution >= 0.6 is 0 Å². The molecule has 1 aliphatic rings. The van der Waals surface area contributed by atoms with Gasteiger partial charge in [-0.2, -0.15) is 0 Å². The highest BCUT2D eigenvalue weighted by atomic mass is 16.6. The van der Waals surface area contributed by atoms with Crippen LogP contribution in [0.4, 0.5) is 5.69 Å². The molecule has 36 heavy (non-hydrogen) atoms. The van der Waals surface area contributed by atoms with Crippen molar-refractivity contribution in [3.05, 3.63) is 125 Å². The van der Waals surface area contributed by atoms with Gasteiger partial charge in [-0.25, -0.2) is 4.79 Å². The predicted molar refractivity (Wildman–Crippen MR) is 136 cm³/mol. The number of amides is 1. The van der Waals surface area contributed by atoms with E-state index in [1.807, 2.05) is 91.0 Å². The highest BCUT2D eigenvalue weighted by Gasteiger charge is 2.49. The largest absolute Gasteiger partial charge is 0.497 e. The molecule has 0 radical (unpaired) electrons. The first-order valence-corrected chi connectivity index (χ1v) is 11.6. The van der Waals surface area contributed by atoms with Gasteiger partial charge >= 0.3 is 5.97 Å². The lowest BCUT2D eigenvalue weighted by atomic mass is 9.70. The zero-order valence-electron chi connectivity index (χ0n) is 19.8. The van der Waals surface area contributed by atoms with E-state index in [2.05, 4.69) is 5.32 Å². The molecular weight excluding hydrogens is 454 g/mol. The van der Waals surface area contributed by atoms with Crippen molar-refractivity contribution in [2.75, 3.05) is 19.0 Å². The summed E-state index contributed by atoms with van der Waals surface area (Å²) in [4.78, 5) is 25.7. The average molecular weight is 480 g/mol. The third kappa shape index (κ3) is 4.29. The number of hydrogen-bond acceptors (Lipinski definition) is 5. The van der Waals surface area contributed by atoms with Crippen LogP contribution in [0.5, 0.6) is 11.5 Å². The second-order valence-electron chi connectivity index (χ2n) is 8.44. The molecule has 5 rings (SSSR count). The van der Waals surface area contributed by atoms with E-state index < -0.39 is 11.4 Å². The molecule has 4 aromatic rings. The van der Waals surface area contributed by atoms with Crippen LogP contribution in [0.1, 0.15) is 22.3 Å². The van der Waals surface area contributed by atoms with E-state index in [0.717, 1.165) is 27.9 Å². The maximum absolute atomic E-state index is 13.6. The van der Waals surface area contributed by atoms with Crippen LogP contribution in [0.2, 0.25) is 0 Å². The Labute approximate surface area is 209 Å². The maximum atomic E-state index is 13.6. The quantitative estimate of drug-likeness (QED) is 0.356. The first-order chi connectivity index (χ1) is 17.6. The Balaban J connectivity index is 1.38. The van der Waals surface area contributed by atoms with E-state index in [9.17, 15) is 9.59 Å². The third-order valence-electron chi connectivity index (χ3n) is 6.33. The summed E-state index contributed by atoms with van der Waals surface area (Å²) < 4.78 is 16.2. The first-order valence-electron chi connectivity index (χ1n) is 11.6. The van der Waals surface area contributed by atoms with Crippen LogP contribution in [-0.4, -0.2) is 25.6 Å². The number of anilines is 1. The van der Waals surface area contributed by atoms with Gasteiger partial charge in [-0.3, -0.25) is 4.79 Å². The van der Waals surface area contributed by atoms with Crippen LogP contribution < -0.4 is 14.8 Å². The summed E-state index contributed by atoms with van der Waals surface area (Å²) in [5.74, 6) is 0.629. The third-order valence-corrected chi connectivity index (χ3v) is 6.33. The lowest BCUT2D eigenvalue weighted by molar-refractivity contribution is -0.147. The SMILES string of the molecule is COc1ccc(C2(c3ccc(OCC(=O)OCc4ccccc4)cc3)C(=O)Nc3ccccc32)cc1. The number of rotatable bonds is 8. The van der Waals surface area contributed by atoms with Gasteiger partial charge in [0, 0.05) is 11.3 Å². The topological polar surface area (TPSA) is 73.9 Å². The van der Waals surface area contributed by atoms with Crippen molar-refractivity contribution < 1.29 is 23.8 Å². The molecule has 0 saturated heterocycles. The number of ether oxygens (including phenoxy) is 3. The second kappa shape index (κ2) is 9.96. The van der Waals surface area contributed by atoms with Gasteiger partial charge in [0.25, 0.3) is 0 Å². The molecule has 0 aliphatic carbocycles. The van der Waals surface area contributed by atoms with E-state index >= 15 is 0 Å². The minimum absolute atomic E-state index is 0.132. The number of carbonyl (C=O) groups excluding carboxylic acids is 2. The molecule has 1 atom stereocenters. The number of fused-ring (bicyclic) bond motifs is 1. The van der Waals surface area contributed by atoms with Crippen molar-refractivity contribution in [2.45, 2.75) is 12.0 Å². The molecule has 1 heterocycles. The number of benzene rings is 4. The molecule has 0 bridgehead atoms. The number of nitrogens with one attached hydrogen (secondary N) is 1. The molecule has 0 saturated carbocycles. The molecule has 6 heteroatoms. The molecule has 1 aliphatic heterocycles. The molecule has 4 aromatic carbocycles.